The van der Waals surface area contributed by atoms with Crippen LogP contribution >= 0.6 is 11.6 Å². The Kier molecular flexibility index (Phi) is 3.85. The highest BCUT2D eigenvalue weighted by molar-refractivity contribution is 6.33. The molecule has 0 radical (unpaired) electrons. The molecule has 0 atom stereocenters. The molecule has 3 rings (SSSR count). The molecule has 3 N–H and O–H groups in total. The lowest BCUT2D eigenvalue weighted by Gasteiger charge is -2.03. The Morgan fingerprint density at radius 2 is 1.73 bits per heavy atom. The predicted molar refractivity (Wildman–Crippen MR) is 88.0 cm³/mol. The Bertz CT molecular complexity index is 810. The van der Waals surface area contributed by atoms with Gasteiger partial charge in [-0.3, -0.25) is 4.79 Å². The van der Waals surface area contributed by atoms with Crippen LogP contribution in [0.1, 0.15) is 10.6 Å². The van der Waals surface area contributed by atoms with Crippen molar-refractivity contribution in [2.24, 2.45) is 0 Å². The molecule has 1 heterocycles. The summed E-state index contributed by atoms with van der Waals surface area (Å²) in [5.41, 5.74) is 7.64. The van der Waals surface area contributed by atoms with Crippen LogP contribution < -0.4 is 11.1 Å². The summed E-state index contributed by atoms with van der Waals surface area (Å²) in [5.74, 6) is 0.433. The number of nitrogens with one attached hydrogen (secondary N) is 1. The molecule has 110 valence electrons. The van der Waals surface area contributed by atoms with Crippen LogP contribution in [-0.4, -0.2) is 5.91 Å². The summed E-state index contributed by atoms with van der Waals surface area (Å²) in [6, 6.07) is 17.5. The fraction of sp³-hybridized carbons (Fsp3) is 0. The van der Waals surface area contributed by atoms with Crippen LogP contribution in [0.3, 0.4) is 0 Å². The predicted octanol–water partition coefficient (Wildman–Crippen LogP) is 4.43. The molecular formula is C17H13ClN2O2. The van der Waals surface area contributed by atoms with E-state index in [2.05, 4.69) is 5.32 Å². The number of anilines is 2. The summed E-state index contributed by atoms with van der Waals surface area (Å²) in [5, 5.41) is 3.32. The Labute approximate surface area is 132 Å². The molecule has 2 aromatic carbocycles. The minimum absolute atomic E-state index is 0.215. The lowest BCUT2D eigenvalue weighted by Crippen LogP contribution is -2.10. The Balaban J connectivity index is 1.80. The van der Waals surface area contributed by atoms with Gasteiger partial charge in [0.25, 0.3) is 5.91 Å². The van der Waals surface area contributed by atoms with Gasteiger partial charge in [0.15, 0.2) is 5.76 Å². The summed E-state index contributed by atoms with van der Waals surface area (Å²) < 4.78 is 5.59. The van der Waals surface area contributed by atoms with Gasteiger partial charge in [-0.25, -0.2) is 0 Å². The lowest BCUT2D eigenvalue weighted by atomic mass is 10.2. The van der Waals surface area contributed by atoms with Gasteiger partial charge in [-0.15, -0.1) is 0 Å². The Morgan fingerprint density at radius 3 is 2.45 bits per heavy atom. The fourth-order valence-corrected chi connectivity index (χ4v) is 2.25. The van der Waals surface area contributed by atoms with Crippen LogP contribution in [0, 0.1) is 0 Å². The Hall–Kier alpha value is -2.72. The highest BCUT2D eigenvalue weighted by Gasteiger charge is 2.13. The number of nitrogen functional groups attached to an aromatic ring is 1. The largest absolute Gasteiger partial charge is 0.451 e. The molecule has 0 spiro atoms. The van der Waals surface area contributed by atoms with Gasteiger partial charge in [0.1, 0.15) is 5.76 Å². The zero-order chi connectivity index (χ0) is 15.5. The highest BCUT2D eigenvalue weighted by atomic mass is 35.5. The zero-order valence-electron chi connectivity index (χ0n) is 11.5. The van der Waals surface area contributed by atoms with Crippen molar-refractivity contribution >= 4 is 28.9 Å². The molecule has 0 saturated heterocycles. The summed E-state index contributed by atoms with van der Waals surface area (Å²) in [6.45, 7) is 0. The molecule has 0 aliphatic rings. The van der Waals surface area contributed by atoms with E-state index in [4.69, 9.17) is 21.8 Å². The van der Waals surface area contributed by atoms with Crippen LogP contribution in [0.2, 0.25) is 5.02 Å². The molecule has 0 aliphatic heterocycles. The van der Waals surface area contributed by atoms with Crippen molar-refractivity contribution in [1.82, 2.24) is 0 Å². The van der Waals surface area contributed by atoms with E-state index in [9.17, 15) is 4.79 Å². The van der Waals surface area contributed by atoms with E-state index < -0.39 is 0 Å². The van der Waals surface area contributed by atoms with Gasteiger partial charge in [0.05, 0.1) is 5.02 Å². The van der Waals surface area contributed by atoms with E-state index in [1.165, 1.54) is 0 Å². The van der Waals surface area contributed by atoms with E-state index in [-0.39, 0.29) is 11.7 Å². The van der Waals surface area contributed by atoms with E-state index in [1.54, 1.807) is 42.5 Å². The maximum Gasteiger partial charge on any atom is 0.291 e. The molecular weight excluding hydrogens is 300 g/mol. The summed E-state index contributed by atoms with van der Waals surface area (Å²) >= 11 is 6.12. The first-order chi connectivity index (χ1) is 10.6. The molecule has 0 aliphatic carbocycles. The topological polar surface area (TPSA) is 68.3 Å². The van der Waals surface area contributed by atoms with Crippen LogP contribution in [0.5, 0.6) is 0 Å². The number of amides is 1. The lowest BCUT2D eigenvalue weighted by molar-refractivity contribution is 0.0997. The number of furan rings is 1. The quantitative estimate of drug-likeness (QED) is 0.703. The first-order valence-corrected chi connectivity index (χ1v) is 7.03. The summed E-state index contributed by atoms with van der Waals surface area (Å²) in [4.78, 5) is 12.2. The molecule has 3 aromatic rings. The number of hydrogen-bond acceptors (Lipinski definition) is 3. The number of nitrogens with two attached hydrogens (primary N) is 1. The second-order valence-electron chi connectivity index (χ2n) is 4.72. The average molecular weight is 313 g/mol. The SMILES string of the molecule is Nc1ccc(NC(=O)c2ccc(-c3ccccc3Cl)o2)cc1. The van der Waals surface area contributed by atoms with E-state index in [0.717, 1.165) is 5.56 Å². The Morgan fingerprint density at radius 1 is 1.00 bits per heavy atom. The maximum absolute atomic E-state index is 12.2. The monoisotopic (exact) mass is 312 g/mol. The van der Waals surface area contributed by atoms with Gasteiger partial charge in [0.2, 0.25) is 0 Å². The van der Waals surface area contributed by atoms with Crippen molar-refractivity contribution in [3.63, 3.8) is 0 Å². The van der Waals surface area contributed by atoms with E-state index >= 15 is 0 Å². The van der Waals surface area contributed by atoms with Gasteiger partial charge in [0, 0.05) is 16.9 Å². The third-order valence-corrected chi connectivity index (χ3v) is 3.47. The molecule has 5 heteroatoms. The van der Waals surface area contributed by atoms with Crippen LogP contribution in [-0.2, 0) is 0 Å². The molecule has 0 bridgehead atoms. The summed E-state index contributed by atoms with van der Waals surface area (Å²) in [7, 11) is 0. The van der Waals surface area contributed by atoms with Crippen LogP contribution in [0.25, 0.3) is 11.3 Å². The molecule has 4 nitrogen and oxygen atoms in total. The van der Waals surface area contributed by atoms with Crippen molar-refractivity contribution in [2.75, 3.05) is 11.1 Å². The molecule has 0 fully saturated rings. The standard InChI is InChI=1S/C17H13ClN2O2/c18-14-4-2-1-3-13(14)15-9-10-16(22-15)17(21)20-12-7-5-11(19)6-8-12/h1-10H,19H2,(H,20,21). The number of halogens is 1. The third kappa shape index (κ3) is 2.97. The molecule has 1 aromatic heterocycles. The summed E-state index contributed by atoms with van der Waals surface area (Å²) in [6.07, 6.45) is 0. The van der Waals surface area contributed by atoms with Crippen molar-refractivity contribution in [3.8, 4) is 11.3 Å². The van der Waals surface area contributed by atoms with E-state index in [1.807, 2.05) is 18.2 Å². The normalized spacial score (nSPS) is 10.4. The first-order valence-electron chi connectivity index (χ1n) is 6.65. The van der Waals surface area contributed by atoms with Crippen LogP contribution in [0.15, 0.2) is 65.1 Å². The number of benzene rings is 2. The molecule has 22 heavy (non-hydrogen) atoms. The molecule has 1 amide bonds. The van der Waals surface area contributed by atoms with Crippen molar-refractivity contribution in [2.45, 2.75) is 0 Å². The number of carbonyl (C=O) groups excluding carboxylic acids is 1. The second-order valence-corrected chi connectivity index (χ2v) is 5.13. The van der Waals surface area contributed by atoms with Gasteiger partial charge in [-0.2, -0.15) is 0 Å². The smallest absolute Gasteiger partial charge is 0.291 e. The van der Waals surface area contributed by atoms with Crippen LogP contribution in [0.4, 0.5) is 11.4 Å². The highest BCUT2D eigenvalue weighted by Crippen LogP contribution is 2.29. The van der Waals surface area contributed by atoms with Gasteiger partial charge in [-0.1, -0.05) is 23.7 Å². The average Bonchev–Trinajstić information content (AvgIpc) is 3.00. The number of carbonyl (C=O) groups is 1. The van der Waals surface area contributed by atoms with Gasteiger partial charge in [-0.05, 0) is 48.5 Å². The van der Waals surface area contributed by atoms with Crippen molar-refractivity contribution in [3.05, 3.63) is 71.4 Å². The fourth-order valence-electron chi connectivity index (χ4n) is 2.02. The number of hydrogen-bond donors (Lipinski definition) is 2. The van der Waals surface area contributed by atoms with Gasteiger partial charge >= 0.3 is 0 Å². The number of rotatable bonds is 3. The molecule has 0 saturated carbocycles. The minimum Gasteiger partial charge on any atom is -0.451 e. The molecule has 0 unspecified atom stereocenters. The first kappa shape index (κ1) is 14.2. The second kappa shape index (κ2) is 5.95. The van der Waals surface area contributed by atoms with Crippen molar-refractivity contribution in [1.29, 1.82) is 0 Å². The van der Waals surface area contributed by atoms with E-state index in [0.29, 0.717) is 22.2 Å². The van der Waals surface area contributed by atoms with Crippen molar-refractivity contribution < 1.29 is 9.21 Å². The third-order valence-electron chi connectivity index (χ3n) is 3.14. The maximum atomic E-state index is 12.2. The van der Waals surface area contributed by atoms with Gasteiger partial charge < -0.3 is 15.5 Å². The zero-order valence-corrected chi connectivity index (χ0v) is 12.3. The minimum atomic E-state index is -0.330.